The molecule has 0 aliphatic carbocycles. The van der Waals surface area contributed by atoms with Crippen molar-refractivity contribution in [3.63, 3.8) is 0 Å². The van der Waals surface area contributed by atoms with Crippen LogP contribution < -0.4 is 5.43 Å². The van der Waals surface area contributed by atoms with Gasteiger partial charge >= 0.3 is 5.97 Å². The van der Waals surface area contributed by atoms with E-state index in [0.29, 0.717) is 30.8 Å². The molecule has 7 aromatic rings. The zero-order valence-electron chi connectivity index (χ0n) is 32.3. The maximum absolute atomic E-state index is 13.5. The average Bonchev–Trinajstić information content (AvgIpc) is 3.88. The molecular formula is C49H46N6O2. The Morgan fingerprint density at radius 3 is 1.77 bits per heavy atom. The van der Waals surface area contributed by atoms with Gasteiger partial charge in [0.25, 0.3) is 0 Å². The number of esters is 1. The lowest BCUT2D eigenvalue weighted by atomic mass is 9.77. The molecule has 0 amide bonds. The summed E-state index contributed by atoms with van der Waals surface area (Å²) in [4.78, 5) is 15.3. The van der Waals surface area contributed by atoms with E-state index >= 15 is 0 Å². The Labute approximate surface area is 334 Å². The smallest absolute Gasteiger partial charge is 0.337 e. The van der Waals surface area contributed by atoms with Crippen molar-refractivity contribution >= 4 is 5.97 Å². The third-order valence-electron chi connectivity index (χ3n) is 10.6. The molecule has 1 unspecified atom stereocenters. The van der Waals surface area contributed by atoms with E-state index in [1.165, 1.54) is 0 Å². The standard InChI is InChI=1S/C49H46N6O2/c1-3-33-54-45(46(48(56)57-4-2)44(51-54)34-36-19-9-5-10-20-36)35-37-29-31-38(32-30-37)42-27-17-18-28-43(42)47-50-53-55(52-47)49(39-21-11-6-12-22-39,40-23-13-7-14-24-40)41-25-15-8-16-26-41/h5-32,45,51H,3-4,33-35H2,1-2H3. The van der Waals surface area contributed by atoms with Crippen molar-refractivity contribution in [2.75, 3.05) is 13.2 Å². The van der Waals surface area contributed by atoms with Crippen LogP contribution in [0.25, 0.3) is 22.5 Å². The lowest BCUT2D eigenvalue weighted by Crippen LogP contribution is -2.42. The molecule has 6 aromatic carbocycles. The fraction of sp³-hybridized carbons (Fsp3) is 0.184. The normalized spacial score (nSPS) is 14.4. The molecule has 8 heteroatoms. The van der Waals surface area contributed by atoms with E-state index < -0.39 is 5.54 Å². The van der Waals surface area contributed by atoms with Crippen LogP contribution in [0.1, 0.15) is 48.1 Å². The first-order valence-electron chi connectivity index (χ1n) is 19.7. The van der Waals surface area contributed by atoms with Crippen LogP contribution in [0.5, 0.6) is 0 Å². The number of carbonyl (C=O) groups is 1. The molecule has 57 heavy (non-hydrogen) atoms. The number of ether oxygens (including phenoxy) is 1. The predicted molar refractivity (Wildman–Crippen MR) is 225 cm³/mol. The fourth-order valence-corrected chi connectivity index (χ4v) is 8.06. The molecule has 0 bridgehead atoms. The molecule has 2 heterocycles. The van der Waals surface area contributed by atoms with Gasteiger partial charge in [-0.1, -0.05) is 177 Å². The summed E-state index contributed by atoms with van der Waals surface area (Å²) in [7, 11) is 0. The van der Waals surface area contributed by atoms with Gasteiger partial charge in [-0.2, -0.15) is 0 Å². The molecule has 0 saturated heterocycles. The molecule has 284 valence electrons. The van der Waals surface area contributed by atoms with Crippen LogP contribution in [-0.4, -0.2) is 50.4 Å². The molecule has 0 saturated carbocycles. The van der Waals surface area contributed by atoms with Gasteiger partial charge in [-0.3, -0.25) is 0 Å². The highest BCUT2D eigenvalue weighted by molar-refractivity contribution is 5.91. The maximum atomic E-state index is 13.5. The van der Waals surface area contributed by atoms with Crippen molar-refractivity contribution in [1.29, 1.82) is 0 Å². The first-order valence-corrected chi connectivity index (χ1v) is 19.7. The zero-order valence-corrected chi connectivity index (χ0v) is 32.3. The van der Waals surface area contributed by atoms with Crippen LogP contribution >= 0.6 is 0 Å². The summed E-state index contributed by atoms with van der Waals surface area (Å²) in [6.07, 6.45) is 2.22. The highest BCUT2D eigenvalue weighted by Crippen LogP contribution is 2.40. The number of nitrogens with zero attached hydrogens (tertiary/aromatic N) is 5. The number of hydrazine groups is 1. The number of aromatic nitrogens is 4. The summed E-state index contributed by atoms with van der Waals surface area (Å²) in [5.41, 5.74) is 12.6. The summed E-state index contributed by atoms with van der Waals surface area (Å²) >= 11 is 0. The summed E-state index contributed by atoms with van der Waals surface area (Å²) < 4.78 is 5.64. The fourth-order valence-electron chi connectivity index (χ4n) is 8.06. The first kappa shape index (κ1) is 37.3. The van der Waals surface area contributed by atoms with Crippen LogP contribution in [0.2, 0.25) is 0 Å². The van der Waals surface area contributed by atoms with Crippen molar-refractivity contribution in [2.45, 2.75) is 44.7 Å². The van der Waals surface area contributed by atoms with Crippen molar-refractivity contribution in [2.24, 2.45) is 0 Å². The van der Waals surface area contributed by atoms with Gasteiger partial charge in [0.2, 0.25) is 5.82 Å². The van der Waals surface area contributed by atoms with Crippen molar-refractivity contribution < 1.29 is 9.53 Å². The van der Waals surface area contributed by atoms with Gasteiger partial charge in [-0.15, -0.1) is 15.0 Å². The molecule has 8 rings (SSSR count). The number of hydrogen-bond acceptors (Lipinski definition) is 7. The molecule has 0 fully saturated rings. The van der Waals surface area contributed by atoms with E-state index in [9.17, 15) is 4.79 Å². The van der Waals surface area contributed by atoms with Crippen LogP contribution in [0.4, 0.5) is 0 Å². The van der Waals surface area contributed by atoms with Gasteiger partial charge < -0.3 is 10.2 Å². The lowest BCUT2D eigenvalue weighted by Gasteiger charge is -2.34. The minimum atomic E-state index is -0.871. The van der Waals surface area contributed by atoms with Crippen molar-refractivity contribution in [3.05, 3.63) is 209 Å². The summed E-state index contributed by atoms with van der Waals surface area (Å²) in [6, 6.07) is 58.0. The average molecular weight is 751 g/mol. The zero-order chi connectivity index (χ0) is 39.0. The third kappa shape index (κ3) is 7.52. The second kappa shape index (κ2) is 17.0. The van der Waals surface area contributed by atoms with E-state index in [4.69, 9.17) is 20.1 Å². The van der Waals surface area contributed by atoms with Crippen LogP contribution in [-0.2, 0) is 27.9 Å². The number of benzene rings is 6. The molecule has 1 N–H and O–H groups in total. The van der Waals surface area contributed by atoms with E-state index in [1.54, 1.807) is 4.80 Å². The highest BCUT2D eigenvalue weighted by atomic mass is 16.5. The molecule has 8 nitrogen and oxygen atoms in total. The van der Waals surface area contributed by atoms with Crippen LogP contribution in [0.3, 0.4) is 0 Å². The molecular weight excluding hydrogens is 705 g/mol. The van der Waals surface area contributed by atoms with Crippen molar-refractivity contribution in [3.8, 4) is 22.5 Å². The van der Waals surface area contributed by atoms with Gasteiger partial charge in [-0.25, -0.2) is 9.80 Å². The molecule has 0 radical (unpaired) electrons. The Balaban J connectivity index is 1.14. The Hall–Kier alpha value is -6.64. The Bertz CT molecular complexity index is 2330. The second-order valence-corrected chi connectivity index (χ2v) is 14.3. The lowest BCUT2D eigenvalue weighted by molar-refractivity contribution is -0.139. The number of allylic oxidation sites excluding steroid dienone is 1. The van der Waals surface area contributed by atoms with Gasteiger partial charge in [0, 0.05) is 24.2 Å². The van der Waals surface area contributed by atoms with Gasteiger partial charge in [0.05, 0.1) is 18.2 Å². The minimum absolute atomic E-state index is 0.167. The quantitative estimate of drug-likeness (QED) is 0.0878. The molecule has 1 aromatic heterocycles. The number of rotatable bonds is 14. The van der Waals surface area contributed by atoms with E-state index in [-0.39, 0.29) is 12.0 Å². The van der Waals surface area contributed by atoms with Gasteiger partial charge in [-0.05, 0) is 63.9 Å². The minimum Gasteiger partial charge on any atom is -0.463 e. The second-order valence-electron chi connectivity index (χ2n) is 14.3. The first-order chi connectivity index (χ1) is 28.1. The molecule has 1 aliphatic heterocycles. The maximum Gasteiger partial charge on any atom is 0.337 e. The van der Waals surface area contributed by atoms with E-state index in [1.807, 2.05) is 55.5 Å². The Morgan fingerprint density at radius 1 is 0.667 bits per heavy atom. The van der Waals surface area contributed by atoms with Gasteiger partial charge in [0.15, 0.2) is 5.54 Å². The number of tetrazole rings is 1. The topological polar surface area (TPSA) is 85.2 Å². The summed E-state index contributed by atoms with van der Waals surface area (Å²) in [5, 5.41) is 16.9. The Kier molecular flexibility index (Phi) is 11.1. The van der Waals surface area contributed by atoms with Crippen LogP contribution in [0.15, 0.2) is 181 Å². The Morgan fingerprint density at radius 2 is 1.21 bits per heavy atom. The van der Waals surface area contributed by atoms with E-state index in [0.717, 1.165) is 63.2 Å². The van der Waals surface area contributed by atoms with E-state index in [2.05, 4.69) is 139 Å². The number of nitrogens with one attached hydrogen (secondary N) is 1. The summed E-state index contributed by atoms with van der Waals surface area (Å²) in [6.45, 7) is 5.13. The molecule has 1 aliphatic rings. The van der Waals surface area contributed by atoms with Gasteiger partial charge in [0.1, 0.15) is 0 Å². The highest BCUT2D eigenvalue weighted by Gasteiger charge is 2.41. The summed E-state index contributed by atoms with van der Waals surface area (Å²) in [5.74, 6) is 0.269. The monoisotopic (exact) mass is 750 g/mol. The third-order valence-corrected chi connectivity index (χ3v) is 10.6. The number of carbonyl (C=O) groups excluding carboxylic acids is 1. The largest absolute Gasteiger partial charge is 0.463 e. The molecule has 0 spiro atoms. The SMILES string of the molecule is CCCN1NC(Cc2ccccc2)=C(C(=O)OCC)C1Cc1ccc(-c2ccccc2-c2nnn(C(c3ccccc3)(c3ccccc3)c3ccccc3)n2)cc1. The number of hydrogen-bond donors (Lipinski definition) is 1. The predicted octanol–water partition coefficient (Wildman–Crippen LogP) is 9.05. The molecule has 1 atom stereocenters. The van der Waals surface area contributed by atoms with Crippen LogP contribution in [0, 0.1) is 0 Å². The van der Waals surface area contributed by atoms with Crippen molar-refractivity contribution in [1.82, 2.24) is 30.6 Å².